The fourth-order valence-electron chi connectivity index (χ4n) is 3.69. The lowest BCUT2D eigenvalue weighted by Gasteiger charge is -2.20. The molecule has 1 heterocycles. The second kappa shape index (κ2) is 12.0. The first-order chi connectivity index (χ1) is 15.9. The summed E-state index contributed by atoms with van der Waals surface area (Å²) >= 11 is 0. The van der Waals surface area contributed by atoms with Gasteiger partial charge in [-0.25, -0.2) is 4.98 Å². The quantitative estimate of drug-likeness (QED) is 0.386. The number of hydrogen-bond acceptors (Lipinski definition) is 5. The van der Waals surface area contributed by atoms with Gasteiger partial charge in [-0.1, -0.05) is 73.5 Å². The van der Waals surface area contributed by atoms with E-state index in [-0.39, 0.29) is 11.9 Å². The van der Waals surface area contributed by atoms with Crippen molar-refractivity contribution in [2.24, 2.45) is 0 Å². The minimum atomic E-state index is -0.465. The topological polar surface area (TPSA) is 78.9 Å². The number of carbonyl (C=O) groups is 1. The van der Waals surface area contributed by atoms with Crippen LogP contribution in [0.4, 0.5) is 11.8 Å². The van der Waals surface area contributed by atoms with Crippen LogP contribution in [-0.4, -0.2) is 28.0 Å². The van der Waals surface area contributed by atoms with E-state index >= 15 is 0 Å². The summed E-state index contributed by atoms with van der Waals surface area (Å²) in [5, 5.41) is 9.80. The van der Waals surface area contributed by atoms with Crippen LogP contribution in [0, 0.1) is 13.8 Å². The highest BCUT2D eigenvalue weighted by Crippen LogP contribution is 2.15. The number of nitrogens with one attached hydrogen (secondary N) is 3. The smallest absolute Gasteiger partial charge is 0.243 e. The van der Waals surface area contributed by atoms with Gasteiger partial charge in [-0.2, -0.15) is 4.98 Å². The third kappa shape index (κ3) is 7.90. The van der Waals surface area contributed by atoms with Crippen molar-refractivity contribution >= 4 is 17.7 Å². The summed E-state index contributed by atoms with van der Waals surface area (Å²) in [6.45, 7) is 8.76. The molecule has 6 heteroatoms. The van der Waals surface area contributed by atoms with Crippen LogP contribution in [-0.2, 0) is 17.8 Å². The van der Waals surface area contributed by atoms with Gasteiger partial charge in [0.05, 0.1) is 0 Å². The molecule has 174 valence electrons. The van der Waals surface area contributed by atoms with Crippen LogP contribution in [0.25, 0.3) is 0 Å². The van der Waals surface area contributed by atoms with E-state index in [4.69, 9.17) is 0 Å². The molecule has 1 unspecified atom stereocenters. The van der Waals surface area contributed by atoms with Gasteiger partial charge >= 0.3 is 0 Å². The lowest BCUT2D eigenvalue weighted by atomic mass is 10.0. The van der Waals surface area contributed by atoms with Crippen molar-refractivity contribution in [3.8, 4) is 0 Å². The van der Waals surface area contributed by atoms with Crippen molar-refractivity contribution in [2.75, 3.05) is 10.6 Å². The lowest BCUT2D eigenvalue weighted by Crippen LogP contribution is -2.41. The number of aryl methyl sites for hydroxylation is 2. The van der Waals surface area contributed by atoms with Gasteiger partial charge in [-0.3, -0.25) is 4.79 Å². The highest BCUT2D eigenvalue weighted by molar-refractivity contribution is 5.84. The molecule has 3 rings (SSSR count). The first kappa shape index (κ1) is 24.2. The molecule has 2 atom stereocenters. The standard InChI is InChI=1S/C27H35N5O/c1-5-9-20(3)29-27-30-21(4)16-25(32-27)31-24(17-22-10-7-6-8-11-22)26(33)28-18-23-14-12-19(2)13-15-23/h6-8,10-16,20,24H,5,9,17-18H2,1-4H3,(H,28,33)(H2,29,30,31,32)/t20?,24-/m0/s1. The predicted octanol–water partition coefficient (Wildman–Crippen LogP) is 5.03. The average molecular weight is 446 g/mol. The first-order valence-corrected chi connectivity index (χ1v) is 11.7. The highest BCUT2D eigenvalue weighted by Gasteiger charge is 2.20. The molecule has 2 aromatic carbocycles. The second-order valence-corrected chi connectivity index (χ2v) is 8.64. The number of anilines is 2. The molecule has 0 bridgehead atoms. The number of nitrogens with zero attached hydrogens (tertiary/aromatic N) is 2. The molecule has 1 amide bonds. The number of hydrogen-bond donors (Lipinski definition) is 3. The third-order valence-corrected chi connectivity index (χ3v) is 5.46. The number of rotatable bonds is 11. The van der Waals surface area contributed by atoms with Gasteiger partial charge in [-0.15, -0.1) is 0 Å². The number of benzene rings is 2. The molecule has 0 saturated carbocycles. The summed E-state index contributed by atoms with van der Waals surface area (Å²) in [6, 6.07) is 19.9. The number of amides is 1. The molecule has 3 N–H and O–H groups in total. The van der Waals surface area contributed by atoms with Crippen molar-refractivity contribution in [2.45, 2.75) is 65.6 Å². The largest absolute Gasteiger partial charge is 0.358 e. The van der Waals surface area contributed by atoms with Gasteiger partial charge in [0.25, 0.3) is 0 Å². The Morgan fingerprint density at radius 3 is 2.36 bits per heavy atom. The molecule has 0 aliphatic heterocycles. The van der Waals surface area contributed by atoms with Crippen molar-refractivity contribution < 1.29 is 4.79 Å². The molecule has 0 radical (unpaired) electrons. The molecule has 1 aromatic heterocycles. The van der Waals surface area contributed by atoms with Crippen LogP contribution in [0.5, 0.6) is 0 Å². The van der Waals surface area contributed by atoms with Gasteiger partial charge in [0, 0.05) is 30.8 Å². The molecule has 0 saturated heterocycles. The van der Waals surface area contributed by atoms with E-state index < -0.39 is 6.04 Å². The molecule has 3 aromatic rings. The predicted molar refractivity (Wildman–Crippen MR) is 135 cm³/mol. The van der Waals surface area contributed by atoms with Crippen molar-refractivity contribution in [3.05, 3.63) is 83.0 Å². The normalized spacial score (nSPS) is 12.6. The summed E-state index contributed by atoms with van der Waals surface area (Å²) < 4.78 is 0. The molecule has 0 spiro atoms. The summed E-state index contributed by atoms with van der Waals surface area (Å²) in [6.07, 6.45) is 2.68. The van der Waals surface area contributed by atoms with E-state index in [1.54, 1.807) is 0 Å². The van der Waals surface area contributed by atoms with Gasteiger partial charge in [0.1, 0.15) is 11.9 Å². The maximum atomic E-state index is 13.2. The maximum absolute atomic E-state index is 13.2. The van der Waals surface area contributed by atoms with Gasteiger partial charge < -0.3 is 16.0 Å². The Hall–Kier alpha value is -3.41. The maximum Gasteiger partial charge on any atom is 0.243 e. The Labute approximate surface area is 197 Å². The highest BCUT2D eigenvalue weighted by atomic mass is 16.2. The van der Waals surface area contributed by atoms with Crippen LogP contribution in [0.1, 0.15) is 49.1 Å². The zero-order valence-corrected chi connectivity index (χ0v) is 20.1. The molecule has 33 heavy (non-hydrogen) atoms. The number of aromatic nitrogens is 2. The van der Waals surface area contributed by atoms with E-state index in [1.165, 1.54) is 5.56 Å². The van der Waals surface area contributed by atoms with E-state index in [0.717, 1.165) is 29.7 Å². The van der Waals surface area contributed by atoms with Crippen LogP contribution in [0.3, 0.4) is 0 Å². The third-order valence-electron chi connectivity index (χ3n) is 5.46. The summed E-state index contributed by atoms with van der Waals surface area (Å²) in [7, 11) is 0. The van der Waals surface area contributed by atoms with Gasteiger partial charge in [0.15, 0.2) is 0 Å². The lowest BCUT2D eigenvalue weighted by molar-refractivity contribution is -0.122. The zero-order chi connectivity index (χ0) is 23.6. The Balaban J connectivity index is 1.75. The monoisotopic (exact) mass is 445 g/mol. The Morgan fingerprint density at radius 1 is 0.939 bits per heavy atom. The second-order valence-electron chi connectivity index (χ2n) is 8.64. The molecular formula is C27H35N5O. The van der Waals surface area contributed by atoms with Crippen LogP contribution < -0.4 is 16.0 Å². The van der Waals surface area contributed by atoms with E-state index in [0.29, 0.717) is 24.7 Å². The van der Waals surface area contributed by atoms with Gasteiger partial charge in [0.2, 0.25) is 11.9 Å². The summed E-state index contributed by atoms with van der Waals surface area (Å²) in [5.74, 6) is 1.15. The van der Waals surface area contributed by atoms with E-state index in [2.05, 4.69) is 58.8 Å². The minimum absolute atomic E-state index is 0.0652. The average Bonchev–Trinajstić information content (AvgIpc) is 2.78. The number of carbonyl (C=O) groups excluding carboxylic acids is 1. The molecule has 0 aliphatic carbocycles. The summed E-state index contributed by atoms with van der Waals surface area (Å²) in [5.41, 5.74) is 4.20. The van der Waals surface area contributed by atoms with Crippen LogP contribution >= 0.6 is 0 Å². The zero-order valence-electron chi connectivity index (χ0n) is 20.1. The van der Waals surface area contributed by atoms with Crippen molar-refractivity contribution in [1.82, 2.24) is 15.3 Å². The van der Waals surface area contributed by atoms with Crippen LogP contribution in [0.2, 0.25) is 0 Å². The summed E-state index contributed by atoms with van der Waals surface area (Å²) in [4.78, 5) is 22.3. The van der Waals surface area contributed by atoms with E-state index in [9.17, 15) is 4.79 Å². The Kier molecular flexibility index (Phi) is 8.81. The van der Waals surface area contributed by atoms with E-state index in [1.807, 2.05) is 55.5 Å². The molecule has 0 aliphatic rings. The molecular weight excluding hydrogens is 410 g/mol. The Bertz CT molecular complexity index is 1020. The Morgan fingerprint density at radius 2 is 1.67 bits per heavy atom. The SMILES string of the molecule is CCCC(C)Nc1nc(C)cc(N[C@@H](Cc2ccccc2)C(=O)NCc2ccc(C)cc2)n1. The van der Waals surface area contributed by atoms with Crippen LogP contribution in [0.15, 0.2) is 60.7 Å². The van der Waals surface area contributed by atoms with Crippen molar-refractivity contribution in [1.29, 1.82) is 0 Å². The fraction of sp³-hybridized carbons (Fsp3) is 0.370. The van der Waals surface area contributed by atoms with Gasteiger partial charge in [-0.05, 0) is 38.3 Å². The minimum Gasteiger partial charge on any atom is -0.358 e. The molecule has 6 nitrogen and oxygen atoms in total. The fourth-order valence-corrected chi connectivity index (χ4v) is 3.69. The van der Waals surface area contributed by atoms with Crippen molar-refractivity contribution in [3.63, 3.8) is 0 Å². The molecule has 0 fully saturated rings. The first-order valence-electron chi connectivity index (χ1n) is 11.7.